The number of pyridine rings is 1. The Balaban J connectivity index is 1.66. The number of fused-ring (bicyclic) bond motifs is 1. The van der Waals surface area contributed by atoms with E-state index in [-0.39, 0.29) is 5.91 Å². The van der Waals surface area contributed by atoms with Gasteiger partial charge in [-0.25, -0.2) is 0 Å². The number of nitrogens with one attached hydrogen (secondary N) is 1. The number of rotatable bonds is 5. The van der Waals surface area contributed by atoms with E-state index in [1.54, 1.807) is 42.1 Å². The molecule has 0 saturated heterocycles. The summed E-state index contributed by atoms with van der Waals surface area (Å²) in [6, 6.07) is 14.2. The maximum atomic E-state index is 12.7. The molecule has 0 aliphatic rings. The number of ether oxygens (including phenoxy) is 1. The van der Waals surface area contributed by atoms with Gasteiger partial charge in [0.1, 0.15) is 17.3 Å². The second kappa shape index (κ2) is 7.55. The van der Waals surface area contributed by atoms with Crippen molar-refractivity contribution in [3.05, 3.63) is 60.3 Å². The maximum absolute atomic E-state index is 12.7. The fraction of sp³-hybridized carbons (Fsp3) is 0.150. The van der Waals surface area contributed by atoms with Crippen LogP contribution in [0.15, 0.2) is 54.7 Å². The van der Waals surface area contributed by atoms with Crippen LogP contribution in [0.1, 0.15) is 10.4 Å². The molecule has 1 N–H and O–H groups in total. The third kappa shape index (κ3) is 3.70. The molecule has 0 unspecified atom stereocenters. The van der Waals surface area contributed by atoms with Crippen molar-refractivity contribution in [3.63, 3.8) is 0 Å². The fourth-order valence-corrected chi connectivity index (χ4v) is 2.78. The van der Waals surface area contributed by atoms with E-state index >= 15 is 0 Å². The van der Waals surface area contributed by atoms with Gasteiger partial charge >= 0.3 is 0 Å². The Labute approximate surface area is 167 Å². The molecule has 3 aromatic heterocycles. The van der Waals surface area contributed by atoms with Crippen LogP contribution in [-0.2, 0) is 0 Å². The highest BCUT2D eigenvalue weighted by Gasteiger charge is 2.15. The second-order valence-corrected chi connectivity index (χ2v) is 6.50. The van der Waals surface area contributed by atoms with E-state index in [1.165, 1.54) is 0 Å². The number of carbonyl (C=O) groups excluding carboxylic acids is 1. The van der Waals surface area contributed by atoms with Crippen molar-refractivity contribution >= 4 is 23.1 Å². The molecule has 4 rings (SSSR count). The van der Waals surface area contributed by atoms with Gasteiger partial charge in [0.05, 0.1) is 7.11 Å². The highest BCUT2D eigenvalue weighted by molar-refractivity contribution is 6.04. The highest BCUT2D eigenvalue weighted by Crippen LogP contribution is 2.20. The van der Waals surface area contributed by atoms with Gasteiger partial charge in [-0.1, -0.05) is 6.07 Å². The van der Waals surface area contributed by atoms with Crippen molar-refractivity contribution in [1.82, 2.24) is 24.8 Å². The summed E-state index contributed by atoms with van der Waals surface area (Å²) < 4.78 is 6.80. The molecule has 0 atom stereocenters. The molecule has 0 aliphatic heterocycles. The first-order valence-electron chi connectivity index (χ1n) is 8.87. The molecule has 9 heteroatoms. The minimum Gasteiger partial charge on any atom is -0.497 e. The van der Waals surface area contributed by atoms with Gasteiger partial charge in [-0.2, -0.15) is 4.52 Å². The van der Waals surface area contributed by atoms with Crippen LogP contribution < -0.4 is 15.0 Å². The number of hydrogen-bond acceptors (Lipinski definition) is 7. The predicted molar refractivity (Wildman–Crippen MR) is 109 cm³/mol. The number of hydrogen-bond donors (Lipinski definition) is 1. The first-order valence-corrected chi connectivity index (χ1v) is 8.87. The van der Waals surface area contributed by atoms with Crippen molar-refractivity contribution < 1.29 is 9.53 Å². The summed E-state index contributed by atoms with van der Waals surface area (Å²) in [6.45, 7) is 0. The molecule has 4 aromatic rings. The number of aromatic nitrogens is 5. The predicted octanol–water partition coefficient (Wildman–Crippen LogP) is 2.51. The Morgan fingerprint density at radius 3 is 2.76 bits per heavy atom. The van der Waals surface area contributed by atoms with E-state index in [0.717, 1.165) is 5.82 Å². The van der Waals surface area contributed by atoms with Gasteiger partial charge in [-0.05, 0) is 36.4 Å². The molecule has 146 valence electrons. The Morgan fingerprint density at radius 2 is 1.97 bits per heavy atom. The van der Waals surface area contributed by atoms with Gasteiger partial charge in [-0.15, -0.1) is 15.3 Å². The first kappa shape index (κ1) is 18.4. The summed E-state index contributed by atoms with van der Waals surface area (Å²) in [6.07, 6.45) is 1.56. The highest BCUT2D eigenvalue weighted by atomic mass is 16.5. The Morgan fingerprint density at radius 1 is 1.10 bits per heavy atom. The minimum absolute atomic E-state index is 0.266. The van der Waals surface area contributed by atoms with Crippen molar-refractivity contribution in [2.45, 2.75) is 0 Å². The smallest absolute Gasteiger partial charge is 0.255 e. The van der Waals surface area contributed by atoms with Crippen LogP contribution in [0.5, 0.6) is 5.75 Å². The zero-order valence-electron chi connectivity index (χ0n) is 16.2. The third-order valence-corrected chi connectivity index (χ3v) is 4.29. The SMILES string of the molecule is COc1cccc(NC(=O)c2ccnc(-c3nnc4ccc(N(C)C)nn34)c2)c1. The largest absolute Gasteiger partial charge is 0.497 e. The molecule has 0 saturated carbocycles. The summed E-state index contributed by atoms with van der Waals surface area (Å²) in [5.74, 6) is 1.61. The molecule has 0 fully saturated rings. The van der Waals surface area contributed by atoms with Crippen LogP contribution in [-0.4, -0.2) is 51.9 Å². The number of methoxy groups -OCH3 is 1. The molecule has 0 spiro atoms. The van der Waals surface area contributed by atoms with Gasteiger partial charge in [0.25, 0.3) is 5.91 Å². The fourth-order valence-electron chi connectivity index (χ4n) is 2.78. The van der Waals surface area contributed by atoms with Crippen LogP contribution in [0, 0.1) is 0 Å². The molecule has 29 heavy (non-hydrogen) atoms. The number of nitrogens with zero attached hydrogens (tertiary/aromatic N) is 6. The molecule has 0 aliphatic carbocycles. The molecular weight excluding hydrogens is 370 g/mol. The summed E-state index contributed by atoms with van der Waals surface area (Å²) in [7, 11) is 5.38. The van der Waals surface area contributed by atoms with Crippen LogP contribution >= 0.6 is 0 Å². The first-order chi connectivity index (χ1) is 14.0. The summed E-state index contributed by atoms with van der Waals surface area (Å²) in [5, 5.41) is 15.7. The molecule has 1 aromatic carbocycles. The van der Waals surface area contributed by atoms with Gasteiger partial charge < -0.3 is 15.0 Å². The number of carbonyl (C=O) groups is 1. The lowest BCUT2D eigenvalue weighted by atomic mass is 10.2. The van der Waals surface area contributed by atoms with E-state index in [9.17, 15) is 4.79 Å². The number of benzene rings is 1. The van der Waals surface area contributed by atoms with Crippen molar-refractivity contribution in [2.24, 2.45) is 0 Å². The Bertz CT molecular complexity index is 1190. The lowest BCUT2D eigenvalue weighted by Gasteiger charge is -2.11. The molecule has 0 radical (unpaired) electrons. The Kier molecular flexibility index (Phi) is 4.78. The van der Waals surface area contributed by atoms with E-state index < -0.39 is 0 Å². The summed E-state index contributed by atoms with van der Waals surface area (Å²) >= 11 is 0. The van der Waals surface area contributed by atoms with E-state index in [0.29, 0.717) is 34.2 Å². The average Bonchev–Trinajstić information content (AvgIpc) is 3.17. The van der Waals surface area contributed by atoms with Crippen molar-refractivity contribution in [1.29, 1.82) is 0 Å². The second-order valence-electron chi connectivity index (χ2n) is 6.50. The average molecular weight is 389 g/mol. The van der Waals surface area contributed by atoms with Gasteiger partial charge in [-0.3, -0.25) is 9.78 Å². The van der Waals surface area contributed by atoms with Crippen molar-refractivity contribution in [3.8, 4) is 17.3 Å². The van der Waals surface area contributed by atoms with Crippen LogP contribution in [0.4, 0.5) is 11.5 Å². The zero-order chi connectivity index (χ0) is 20.4. The number of amides is 1. The van der Waals surface area contributed by atoms with E-state index in [1.807, 2.05) is 43.3 Å². The molecule has 0 bridgehead atoms. The van der Waals surface area contributed by atoms with E-state index in [2.05, 4.69) is 25.6 Å². The monoisotopic (exact) mass is 389 g/mol. The molecule has 3 heterocycles. The summed E-state index contributed by atoms with van der Waals surface area (Å²) in [5.41, 5.74) is 2.18. The standard InChI is InChI=1S/C20H19N7O2/c1-26(2)18-8-7-17-23-24-19(27(17)25-18)16-11-13(9-10-21-16)20(28)22-14-5-4-6-15(12-14)29-3/h4-12H,1-3H3,(H,22,28). The van der Waals surface area contributed by atoms with Crippen LogP contribution in [0.2, 0.25) is 0 Å². The topological polar surface area (TPSA) is 97.5 Å². The molecular formula is C20H19N7O2. The van der Waals surface area contributed by atoms with Gasteiger partial charge in [0, 0.05) is 37.6 Å². The van der Waals surface area contributed by atoms with Crippen LogP contribution in [0.3, 0.4) is 0 Å². The molecule has 1 amide bonds. The third-order valence-electron chi connectivity index (χ3n) is 4.29. The maximum Gasteiger partial charge on any atom is 0.255 e. The van der Waals surface area contributed by atoms with Crippen LogP contribution in [0.25, 0.3) is 17.2 Å². The quantitative estimate of drug-likeness (QED) is 0.560. The van der Waals surface area contributed by atoms with Crippen molar-refractivity contribution in [2.75, 3.05) is 31.4 Å². The normalized spacial score (nSPS) is 10.7. The molecule has 9 nitrogen and oxygen atoms in total. The lowest BCUT2D eigenvalue weighted by Crippen LogP contribution is -2.13. The Hall–Kier alpha value is -4.01. The lowest BCUT2D eigenvalue weighted by molar-refractivity contribution is 0.102. The van der Waals surface area contributed by atoms with E-state index in [4.69, 9.17) is 4.74 Å². The minimum atomic E-state index is -0.266. The zero-order valence-corrected chi connectivity index (χ0v) is 16.2. The number of anilines is 2. The van der Waals surface area contributed by atoms with Gasteiger partial charge in [0.2, 0.25) is 5.82 Å². The summed E-state index contributed by atoms with van der Waals surface area (Å²) in [4.78, 5) is 18.9. The van der Waals surface area contributed by atoms with Gasteiger partial charge in [0.15, 0.2) is 5.65 Å².